The standard InChI is InChI=1S/C41H28N4S/c1-2-37-44-40-35(45(37)30-13-7-4-8-14-30)24-22-32-31-15-9-10-16-33(31)42-39(38(32)40)27-19-17-26(18-20-27)29-21-23-34-36(25-29)46-41(43-34)28-11-5-3-6-12-28/h3-25H,2H2,1H3. The second kappa shape index (κ2) is 10.8. The molecule has 0 amide bonds. The predicted octanol–water partition coefficient (Wildman–Crippen LogP) is 10.9. The molecule has 4 nitrogen and oxygen atoms in total. The van der Waals surface area contributed by atoms with Gasteiger partial charge in [0, 0.05) is 34.0 Å². The number of rotatable bonds is 5. The highest BCUT2D eigenvalue weighted by Gasteiger charge is 2.19. The van der Waals surface area contributed by atoms with Crippen molar-refractivity contribution in [2.24, 2.45) is 0 Å². The van der Waals surface area contributed by atoms with E-state index in [1.54, 1.807) is 11.3 Å². The fourth-order valence-corrected chi connectivity index (χ4v) is 7.58. The van der Waals surface area contributed by atoms with Crippen molar-refractivity contribution in [1.29, 1.82) is 0 Å². The van der Waals surface area contributed by atoms with Crippen LogP contribution in [-0.4, -0.2) is 19.5 Å². The average molecular weight is 609 g/mol. The first-order valence-electron chi connectivity index (χ1n) is 15.6. The summed E-state index contributed by atoms with van der Waals surface area (Å²) in [6.45, 7) is 2.17. The van der Waals surface area contributed by atoms with Gasteiger partial charge in [-0.15, -0.1) is 11.3 Å². The van der Waals surface area contributed by atoms with E-state index in [4.69, 9.17) is 15.0 Å². The second-order valence-corrected chi connectivity index (χ2v) is 12.6. The first kappa shape index (κ1) is 26.7. The minimum atomic E-state index is 0.826. The molecule has 6 aromatic carbocycles. The van der Waals surface area contributed by atoms with Gasteiger partial charge in [0.25, 0.3) is 0 Å². The van der Waals surface area contributed by atoms with Crippen molar-refractivity contribution in [3.63, 3.8) is 0 Å². The zero-order valence-electron chi connectivity index (χ0n) is 25.2. The SMILES string of the molecule is CCc1nc2c3c(-c4ccc(-c5ccc6nc(-c7ccccc7)sc6c5)cc4)nc4ccccc4c3ccc2n1-c1ccccc1. The van der Waals surface area contributed by atoms with Gasteiger partial charge in [0.1, 0.15) is 10.8 Å². The van der Waals surface area contributed by atoms with Gasteiger partial charge in [0.2, 0.25) is 0 Å². The molecule has 9 aromatic rings. The molecule has 0 atom stereocenters. The number of pyridine rings is 1. The molecule has 0 saturated heterocycles. The van der Waals surface area contributed by atoms with Crippen molar-refractivity contribution in [3.05, 3.63) is 145 Å². The predicted molar refractivity (Wildman–Crippen MR) is 193 cm³/mol. The molecule has 5 heteroatoms. The molecule has 0 N–H and O–H groups in total. The van der Waals surface area contributed by atoms with Crippen molar-refractivity contribution < 1.29 is 0 Å². The molecular weight excluding hydrogens is 581 g/mol. The Morgan fingerprint density at radius 1 is 0.565 bits per heavy atom. The highest BCUT2D eigenvalue weighted by Crippen LogP contribution is 2.39. The molecule has 9 rings (SSSR count). The molecular formula is C41H28N4S. The largest absolute Gasteiger partial charge is 0.296 e. The summed E-state index contributed by atoms with van der Waals surface area (Å²) < 4.78 is 3.47. The zero-order valence-corrected chi connectivity index (χ0v) is 26.0. The Kier molecular flexibility index (Phi) is 6.25. The second-order valence-electron chi connectivity index (χ2n) is 11.5. The number of nitrogens with zero attached hydrogens (tertiary/aromatic N) is 4. The van der Waals surface area contributed by atoms with Crippen molar-refractivity contribution in [3.8, 4) is 38.6 Å². The van der Waals surface area contributed by atoms with Gasteiger partial charge in [-0.3, -0.25) is 4.57 Å². The minimum Gasteiger partial charge on any atom is -0.296 e. The van der Waals surface area contributed by atoms with Crippen LogP contribution in [0.4, 0.5) is 0 Å². The maximum atomic E-state index is 5.28. The quantitative estimate of drug-likeness (QED) is 0.183. The van der Waals surface area contributed by atoms with E-state index in [0.29, 0.717) is 0 Å². The summed E-state index contributed by atoms with van der Waals surface area (Å²) in [6.07, 6.45) is 0.826. The summed E-state index contributed by atoms with van der Waals surface area (Å²) in [5.74, 6) is 1.04. The normalized spacial score (nSPS) is 11.7. The Morgan fingerprint density at radius 2 is 1.28 bits per heavy atom. The van der Waals surface area contributed by atoms with Crippen LogP contribution in [0.25, 0.3) is 81.6 Å². The van der Waals surface area contributed by atoms with Crippen LogP contribution >= 0.6 is 11.3 Å². The molecule has 3 aromatic heterocycles. The maximum Gasteiger partial charge on any atom is 0.124 e. The number of aromatic nitrogens is 4. The molecule has 0 bridgehead atoms. The van der Waals surface area contributed by atoms with Crippen LogP contribution < -0.4 is 0 Å². The van der Waals surface area contributed by atoms with Crippen molar-refractivity contribution in [1.82, 2.24) is 19.5 Å². The van der Waals surface area contributed by atoms with E-state index in [1.165, 1.54) is 15.6 Å². The van der Waals surface area contributed by atoms with Crippen LogP contribution in [0.3, 0.4) is 0 Å². The Balaban J connectivity index is 1.20. The smallest absolute Gasteiger partial charge is 0.124 e. The highest BCUT2D eigenvalue weighted by molar-refractivity contribution is 7.21. The lowest BCUT2D eigenvalue weighted by Crippen LogP contribution is -1.99. The molecule has 0 fully saturated rings. The summed E-state index contributed by atoms with van der Waals surface area (Å²) in [7, 11) is 0. The first-order chi connectivity index (χ1) is 22.7. The van der Waals surface area contributed by atoms with E-state index in [1.807, 2.05) is 6.07 Å². The lowest BCUT2D eigenvalue weighted by atomic mass is 9.97. The van der Waals surface area contributed by atoms with Crippen molar-refractivity contribution in [2.45, 2.75) is 13.3 Å². The maximum absolute atomic E-state index is 5.28. The van der Waals surface area contributed by atoms with Gasteiger partial charge in [-0.2, -0.15) is 0 Å². The van der Waals surface area contributed by atoms with Gasteiger partial charge in [0.05, 0.1) is 32.5 Å². The number of hydrogen-bond donors (Lipinski definition) is 0. The molecule has 0 saturated carbocycles. The van der Waals surface area contributed by atoms with E-state index in [-0.39, 0.29) is 0 Å². The molecule has 0 radical (unpaired) electrons. The number of aryl methyl sites for hydroxylation is 1. The molecule has 3 heterocycles. The number of thiazole rings is 1. The third kappa shape index (κ3) is 4.31. The van der Waals surface area contributed by atoms with Crippen LogP contribution in [0.2, 0.25) is 0 Å². The monoisotopic (exact) mass is 608 g/mol. The zero-order chi connectivity index (χ0) is 30.6. The Morgan fingerprint density at radius 3 is 2.09 bits per heavy atom. The van der Waals surface area contributed by atoms with Crippen LogP contribution in [-0.2, 0) is 6.42 Å². The molecule has 218 valence electrons. The van der Waals surface area contributed by atoms with E-state index in [2.05, 4.69) is 145 Å². The summed E-state index contributed by atoms with van der Waals surface area (Å²) in [4.78, 5) is 15.4. The van der Waals surface area contributed by atoms with Crippen LogP contribution in [0.5, 0.6) is 0 Å². The number of fused-ring (bicyclic) bond motifs is 6. The molecule has 0 aliphatic heterocycles. The van der Waals surface area contributed by atoms with E-state index in [9.17, 15) is 0 Å². The number of benzene rings is 6. The summed E-state index contributed by atoms with van der Waals surface area (Å²) in [5, 5.41) is 4.44. The van der Waals surface area contributed by atoms with E-state index in [0.717, 1.165) is 78.2 Å². The number of hydrogen-bond acceptors (Lipinski definition) is 4. The van der Waals surface area contributed by atoms with Gasteiger partial charge in [-0.1, -0.05) is 110 Å². The van der Waals surface area contributed by atoms with Gasteiger partial charge in [-0.05, 0) is 52.9 Å². The summed E-state index contributed by atoms with van der Waals surface area (Å²) in [6, 6.07) is 49.1. The molecule has 0 aliphatic rings. The number of imidazole rings is 1. The molecule has 0 aliphatic carbocycles. The van der Waals surface area contributed by atoms with Gasteiger partial charge in [0.15, 0.2) is 0 Å². The Labute approximate surface area is 270 Å². The Hall–Kier alpha value is -5.65. The van der Waals surface area contributed by atoms with Gasteiger partial charge in [-0.25, -0.2) is 15.0 Å². The van der Waals surface area contributed by atoms with E-state index < -0.39 is 0 Å². The van der Waals surface area contributed by atoms with Crippen LogP contribution in [0.15, 0.2) is 140 Å². The molecule has 46 heavy (non-hydrogen) atoms. The van der Waals surface area contributed by atoms with Crippen molar-refractivity contribution >= 4 is 54.3 Å². The summed E-state index contributed by atoms with van der Waals surface area (Å²) in [5.41, 5.74) is 10.7. The fourth-order valence-electron chi connectivity index (χ4n) is 6.57. The van der Waals surface area contributed by atoms with E-state index >= 15 is 0 Å². The van der Waals surface area contributed by atoms with Crippen molar-refractivity contribution in [2.75, 3.05) is 0 Å². The summed E-state index contributed by atoms with van der Waals surface area (Å²) >= 11 is 1.74. The average Bonchev–Trinajstić information content (AvgIpc) is 3.73. The third-order valence-corrected chi connectivity index (χ3v) is 9.86. The molecule has 0 spiro atoms. The lowest BCUT2D eigenvalue weighted by molar-refractivity contribution is 0.908. The fraction of sp³-hybridized carbons (Fsp3) is 0.0488. The highest BCUT2D eigenvalue weighted by atomic mass is 32.1. The topological polar surface area (TPSA) is 43.6 Å². The first-order valence-corrected chi connectivity index (χ1v) is 16.4. The lowest BCUT2D eigenvalue weighted by Gasteiger charge is -2.12. The Bertz CT molecular complexity index is 2550. The van der Waals surface area contributed by atoms with Crippen LogP contribution in [0, 0.1) is 0 Å². The third-order valence-electron chi connectivity index (χ3n) is 8.79. The van der Waals surface area contributed by atoms with Gasteiger partial charge < -0.3 is 0 Å². The van der Waals surface area contributed by atoms with Crippen LogP contribution in [0.1, 0.15) is 12.7 Å². The number of para-hydroxylation sites is 2. The van der Waals surface area contributed by atoms with Gasteiger partial charge >= 0.3 is 0 Å². The minimum absolute atomic E-state index is 0.826. The molecule has 0 unspecified atom stereocenters.